The maximum absolute atomic E-state index is 12.9. The van der Waals surface area contributed by atoms with Crippen molar-refractivity contribution in [1.82, 2.24) is 9.19 Å². The summed E-state index contributed by atoms with van der Waals surface area (Å²) in [5.41, 5.74) is 2.18. The molecule has 0 atom stereocenters. The van der Waals surface area contributed by atoms with E-state index in [0.29, 0.717) is 18.0 Å². The minimum absolute atomic E-state index is 0.164. The highest BCUT2D eigenvalue weighted by atomic mass is 32.2. The second-order valence-electron chi connectivity index (χ2n) is 6.69. The van der Waals surface area contributed by atoms with Crippen LogP contribution in [0, 0.1) is 13.8 Å². The van der Waals surface area contributed by atoms with Crippen LogP contribution in [0.3, 0.4) is 0 Å². The van der Waals surface area contributed by atoms with E-state index in [2.05, 4.69) is 12.0 Å². The molecule has 0 unspecified atom stereocenters. The summed E-state index contributed by atoms with van der Waals surface area (Å²) in [4.78, 5) is 0.239. The molecule has 0 amide bonds. The zero-order valence-electron chi connectivity index (χ0n) is 15.7. The predicted molar refractivity (Wildman–Crippen MR) is 99.8 cm³/mol. The van der Waals surface area contributed by atoms with Gasteiger partial charge >= 0.3 is 0 Å². The third kappa shape index (κ3) is 4.42. The van der Waals surface area contributed by atoms with E-state index in [-0.39, 0.29) is 10.8 Å². The molecule has 0 saturated carbocycles. The zero-order valence-corrected chi connectivity index (χ0v) is 16.6. The molecule has 0 N–H and O–H groups in total. The number of ether oxygens (including phenoxy) is 1. The number of unbranched alkanes of at least 4 members (excludes halogenated alkanes) is 2. The SMILES string of the molecule is CCCCCOc1ccc(S(=O)(=O)n2nc(C)cc2C)cc1C(C)C. The first-order valence-electron chi connectivity index (χ1n) is 8.83. The summed E-state index contributed by atoms with van der Waals surface area (Å²) in [6.45, 7) is 10.4. The van der Waals surface area contributed by atoms with Crippen molar-refractivity contribution in [3.63, 3.8) is 0 Å². The molecular formula is C19H28N2O3S. The Morgan fingerprint density at radius 1 is 1.16 bits per heavy atom. The predicted octanol–water partition coefficient (Wildman–Crippen LogP) is 4.43. The van der Waals surface area contributed by atoms with Gasteiger partial charge < -0.3 is 4.74 Å². The van der Waals surface area contributed by atoms with Gasteiger partial charge in [-0.1, -0.05) is 33.6 Å². The molecule has 6 heteroatoms. The number of nitrogens with zero attached hydrogens (tertiary/aromatic N) is 2. The Morgan fingerprint density at radius 3 is 2.44 bits per heavy atom. The second kappa shape index (κ2) is 8.04. The molecule has 0 aliphatic rings. The van der Waals surface area contributed by atoms with Crippen LogP contribution in [0.4, 0.5) is 0 Å². The molecule has 0 saturated heterocycles. The summed E-state index contributed by atoms with van der Waals surface area (Å²) < 4.78 is 32.8. The van der Waals surface area contributed by atoms with Crippen molar-refractivity contribution in [3.8, 4) is 5.75 Å². The molecule has 0 aliphatic heterocycles. The standard InChI is InChI=1S/C19H28N2O3S/c1-6-7-8-11-24-19-10-9-17(13-18(19)14(2)3)25(22,23)21-16(5)12-15(4)20-21/h9-10,12-14H,6-8,11H2,1-5H3. The fourth-order valence-electron chi connectivity index (χ4n) is 2.76. The fourth-order valence-corrected chi connectivity index (χ4v) is 4.14. The van der Waals surface area contributed by atoms with Crippen LogP contribution in [0.5, 0.6) is 5.75 Å². The minimum Gasteiger partial charge on any atom is -0.493 e. The quantitative estimate of drug-likeness (QED) is 0.650. The topological polar surface area (TPSA) is 61.2 Å². The smallest absolute Gasteiger partial charge is 0.283 e. The largest absolute Gasteiger partial charge is 0.493 e. The molecule has 1 heterocycles. The van der Waals surface area contributed by atoms with E-state index in [1.165, 1.54) is 0 Å². The van der Waals surface area contributed by atoms with Crippen molar-refractivity contribution in [3.05, 3.63) is 41.2 Å². The van der Waals surface area contributed by atoms with Crippen molar-refractivity contribution in [2.75, 3.05) is 6.61 Å². The average molecular weight is 365 g/mol. The van der Waals surface area contributed by atoms with Crippen LogP contribution < -0.4 is 4.74 Å². The third-order valence-corrected chi connectivity index (χ3v) is 5.78. The van der Waals surface area contributed by atoms with Crippen LogP contribution in [0.1, 0.15) is 62.9 Å². The highest BCUT2D eigenvalue weighted by molar-refractivity contribution is 7.89. The normalized spacial score (nSPS) is 11.9. The Hall–Kier alpha value is -1.82. The molecule has 2 rings (SSSR count). The number of rotatable bonds is 8. The second-order valence-corrected chi connectivity index (χ2v) is 8.45. The lowest BCUT2D eigenvalue weighted by Crippen LogP contribution is -2.16. The molecule has 0 aliphatic carbocycles. The first kappa shape index (κ1) is 19.5. The Kier molecular flexibility index (Phi) is 6.27. The van der Waals surface area contributed by atoms with E-state index in [0.717, 1.165) is 34.7 Å². The van der Waals surface area contributed by atoms with Gasteiger partial charge in [-0.3, -0.25) is 0 Å². The van der Waals surface area contributed by atoms with Crippen molar-refractivity contribution < 1.29 is 13.2 Å². The van der Waals surface area contributed by atoms with E-state index in [4.69, 9.17) is 4.74 Å². The number of benzene rings is 1. The van der Waals surface area contributed by atoms with Crippen molar-refractivity contribution in [1.29, 1.82) is 0 Å². The van der Waals surface area contributed by atoms with Crippen LogP contribution in [-0.4, -0.2) is 24.2 Å². The molecule has 0 bridgehead atoms. The fraction of sp³-hybridized carbons (Fsp3) is 0.526. The lowest BCUT2D eigenvalue weighted by atomic mass is 10.0. The van der Waals surface area contributed by atoms with Crippen molar-refractivity contribution >= 4 is 10.0 Å². The van der Waals surface area contributed by atoms with E-state index in [1.807, 2.05) is 13.8 Å². The molecule has 1 aromatic carbocycles. The summed E-state index contributed by atoms with van der Waals surface area (Å²) in [7, 11) is -3.70. The lowest BCUT2D eigenvalue weighted by Gasteiger charge is -2.16. The van der Waals surface area contributed by atoms with Gasteiger partial charge in [0.05, 0.1) is 22.9 Å². The Bertz CT molecular complexity index is 823. The van der Waals surface area contributed by atoms with Crippen LogP contribution in [-0.2, 0) is 10.0 Å². The van der Waals surface area contributed by atoms with Gasteiger partial charge in [-0.15, -0.1) is 0 Å². The molecular weight excluding hydrogens is 336 g/mol. The Balaban J connectivity index is 2.36. The Labute approximate surface area is 151 Å². The lowest BCUT2D eigenvalue weighted by molar-refractivity contribution is 0.302. The summed E-state index contributed by atoms with van der Waals surface area (Å²) in [6, 6.07) is 6.84. The summed E-state index contributed by atoms with van der Waals surface area (Å²) in [5.74, 6) is 0.926. The van der Waals surface area contributed by atoms with Crippen LogP contribution in [0.2, 0.25) is 0 Å². The van der Waals surface area contributed by atoms with Gasteiger partial charge in [0.1, 0.15) is 5.75 Å². The molecule has 1 aromatic heterocycles. The summed E-state index contributed by atoms with van der Waals surface area (Å²) in [5, 5.41) is 4.12. The van der Waals surface area contributed by atoms with E-state index in [1.54, 1.807) is 38.1 Å². The first-order chi connectivity index (χ1) is 11.8. The highest BCUT2D eigenvalue weighted by Crippen LogP contribution is 2.30. The van der Waals surface area contributed by atoms with Crippen molar-refractivity contribution in [2.45, 2.75) is 64.7 Å². The molecule has 25 heavy (non-hydrogen) atoms. The first-order valence-corrected chi connectivity index (χ1v) is 10.3. The van der Waals surface area contributed by atoms with Gasteiger partial charge in [0.15, 0.2) is 0 Å². The molecule has 2 aromatic rings. The van der Waals surface area contributed by atoms with E-state index < -0.39 is 10.0 Å². The van der Waals surface area contributed by atoms with Gasteiger partial charge in [0.2, 0.25) is 0 Å². The molecule has 0 radical (unpaired) electrons. The average Bonchev–Trinajstić information content (AvgIpc) is 2.90. The zero-order chi connectivity index (χ0) is 18.6. The minimum atomic E-state index is -3.70. The van der Waals surface area contributed by atoms with Gasteiger partial charge in [-0.25, -0.2) is 0 Å². The van der Waals surface area contributed by atoms with Gasteiger partial charge in [0, 0.05) is 0 Å². The molecule has 0 fully saturated rings. The highest BCUT2D eigenvalue weighted by Gasteiger charge is 2.22. The molecule has 138 valence electrons. The maximum Gasteiger partial charge on any atom is 0.283 e. The number of hydrogen-bond donors (Lipinski definition) is 0. The van der Waals surface area contributed by atoms with Crippen molar-refractivity contribution in [2.24, 2.45) is 0 Å². The molecule has 5 nitrogen and oxygen atoms in total. The van der Waals surface area contributed by atoms with Gasteiger partial charge in [-0.05, 0) is 56.0 Å². The maximum atomic E-state index is 12.9. The van der Waals surface area contributed by atoms with Crippen LogP contribution >= 0.6 is 0 Å². The van der Waals surface area contributed by atoms with E-state index in [9.17, 15) is 8.42 Å². The number of aromatic nitrogens is 2. The van der Waals surface area contributed by atoms with Crippen LogP contribution in [0.15, 0.2) is 29.2 Å². The van der Waals surface area contributed by atoms with Crippen LogP contribution in [0.25, 0.3) is 0 Å². The van der Waals surface area contributed by atoms with Gasteiger partial charge in [-0.2, -0.15) is 17.6 Å². The summed E-state index contributed by atoms with van der Waals surface area (Å²) >= 11 is 0. The number of aryl methyl sites for hydroxylation is 2. The summed E-state index contributed by atoms with van der Waals surface area (Å²) in [6.07, 6.45) is 3.27. The van der Waals surface area contributed by atoms with Gasteiger partial charge in [0.25, 0.3) is 10.0 Å². The number of hydrogen-bond acceptors (Lipinski definition) is 4. The Morgan fingerprint density at radius 2 is 1.88 bits per heavy atom. The molecule has 0 spiro atoms. The third-order valence-electron chi connectivity index (χ3n) is 4.10. The van der Waals surface area contributed by atoms with E-state index >= 15 is 0 Å². The monoisotopic (exact) mass is 364 g/mol.